The van der Waals surface area contributed by atoms with E-state index in [-0.39, 0.29) is 53.9 Å². The van der Waals surface area contributed by atoms with E-state index in [1.165, 1.54) is 19.3 Å². The number of hydrogen-bond acceptors (Lipinski definition) is 3. The van der Waals surface area contributed by atoms with Crippen LogP contribution in [0.5, 0.6) is 0 Å². The number of nitrogens with zero attached hydrogens (tertiary/aromatic N) is 4. The van der Waals surface area contributed by atoms with Crippen molar-refractivity contribution in [2.75, 3.05) is 40.3 Å². The molecule has 1 unspecified atom stereocenters. The molecule has 1 aliphatic carbocycles. The molecule has 0 aromatic rings. The Morgan fingerprint density at radius 2 is 1.82 bits per heavy atom. The summed E-state index contributed by atoms with van der Waals surface area (Å²) in [5.74, 6) is 0.966. The maximum atomic E-state index is 12.3. The number of likely N-dealkylation sites (N-methyl/N-ethyl adjacent to an activating group) is 1. The van der Waals surface area contributed by atoms with Crippen molar-refractivity contribution in [2.24, 2.45) is 4.99 Å². The molecule has 0 bridgehead atoms. The lowest BCUT2D eigenvalue weighted by Gasteiger charge is -2.53. The monoisotopic (exact) mass is 507 g/mol. The van der Waals surface area contributed by atoms with Gasteiger partial charge in [0.15, 0.2) is 5.96 Å². The van der Waals surface area contributed by atoms with Crippen molar-refractivity contribution < 1.29 is 9.59 Å². The van der Waals surface area contributed by atoms with E-state index in [4.69, 9.17) is 0 Å². The third-order valence-electron chi connectivity index (χ3n) is 5.97. The third-order valence-corrected chi connectivity index (χ3v) is 5.97. The normalized spacial score (nSPS) is 20.4. The first kappa shape index (κ1) is 25.0. The topological polar surface area (TPSA) is 68.2 Å². The van der Waals surface area contributed by atoms with Crippen LogP contribution in [0, 0.1) is 0 Å². The zero-order chi connectivity index (χ0) is 20.0. The van der Waals surface area contributed by atoms with E-state index in [1.807, 2.05) is 0 Å². The maximum Gasteiger partial charge on any atom is 0.243 e. The fourth-order valence-electron chi connectivity index (χ4n) is 4.13. The molecule has 1 heterocycles. The number of halogens is 1. The molecule has 8 heteroatoms. The molecule has 0 aromatic heterocycles. The van der Waals surface area contributed by atoms with Crippen molar-refractivity contribution >= 4 is 41.8 Å². The summed E-state index contributed by atoms with van der Waals surface area (Å²) in [7, 11) is 3.50. The Bertz CT molecular complexity index is 561. The van der Waals surface area contributed by atoms with Gasteiger partial charge in [0.1, 0.15) is 6.54 Å². The summed E-state index contributed by atoms with van der Waals surface area (Å²) >= 11 is 0. The average molecular weight is 507 g/mol. The molecule has 2 rings (SSSR count). The molecule has 0 aromatic carbocycles. The fourth-order valence-corrected chi connectivity index (χ4v) is 4.13. The van der Waals surface area contributed by atoms with Crippen LogP contribution >= 0.6 is 24.0 Å². The minimum atomic E-state index is -0.0915. The van der Waals surface area contributed by atoms with Crippen LogP contribution in [0.3, 0.4) is 0 Å². The number of carbonyl (C=O) groups is 2. The lowest BCUT2D eigenvalue weighted by Crippen LogP contribution is -2.66. The molecular formula is C20H38IN5O2. The van der Waals surface area contributed by atoms with E-state index in [2.05, 4.69) is 34.0 Å². The molecule has 1 saturated heterocycles. The Morgan fingerprint density at radius 1 is 1.18 bits per heavy atom. The Labute approximate surface area is 187 Å². The molecule has 28 heavy (non-hydrogen) atoms. The molecule has 2 fully saturated rings. The van der Waals surface area contributed by atoms with Crippen LogP contribution in [0.2, 0.25) is 0 Å². The lowest BCUT2D eigenvalue weighted by molar-refractivity contribution is -0.140. The van der Waals surface area contributed by atoms with Gasteiger partial charge in [-0.25, -0.2) is 4.99 Å². The average Bonchev–Trinajstić information content (AvgIpc) is 2.64. The second kappa shape index (κ2) is 11.2. The van der Waals surface area contributed by atoms with Crippen molar-refractivity contribution in [1.29, 1.82) is 0 Å². The molecule has 2 aliphatic rings. The molecule has 1 atom stereocenters. The van der Waals surface area contributed by atoms with Crippen LogP contribution in [0.25, 0.3) is 0 Å². The Balaban J connectivity index is 0.00000392. The van der Waals surface area contributed by atoms with Gasteiger partial charge >= 0.3 is 0 Å². The molecule has 2 amide bonds. The largest absolute Gasteiger partial charge is 0.354 e. The van der Waals surface area contributed by atoms with Gasteiger partial charge in [-0.2, -0.15) is 0 Å². The van der Waals surface area contributed by atoms with Gasteiger partial charge in [0.25, 0.3) is 0 Å². The third kappa shape index (κ3) is 6.22. The lowest BCUT2D eigenvalue weighted by atomic mass is 9.78. The van der Waals surface area contributed by atoms with E-state index in [0.29, 0.717) is 0 Å². The standard InChI is InChI=1S/C20H37N5O2.HI/c1-6-16(2)22-19(21-14-18(27)23(4)5)24-12-13-25(17(3)26)20(15-24)10-8-7-9-11-20;/h16H,6-15H2,1-5H3,(H,21,22);1H. The van der Waals surface area contributed by atoms with Gasteiger partial charge in [-0.05, 0) is 26.2 Å². The number of piperazine rings is 1. The van der Waals surface area contributed by atoms with Crippen molar-refractivity contribution in [3.8, 4) is 0 Å². The predicted octanol–water partition coefficient (Wildman–Crippen LogP) is 2.30. The first-order valence-corrected chi connectivity index (χ1v) is 10.3. The van der Waals surface area contributed by atoms with E-state index in [9.17, 15) is 9.59 Å². The highest BCUT2D eigenvalue weighted by atomic mass is 127. The van der Waals surface area contributed by atoms with Gasteiger partial charge in [-0.15, -0.1) is 24.0 Å². The van der Waals surface area contributed by atoms with Gasteiger partial charge in [0, 0.05) is 46.7 Å². The number of amides is 2. The minimum absolute atomic E-state index is 0. The highest BCUT2D eigenvalue weighted by molar-refractivity contribution is 14.0. The van der Waals surface area contributed by atoms with Crippen molar-refractivity contribution in [2.45, 2.75) is 70.9 Å². The molecule has 1 N–H and O–H groups in total. The summed E-state index contributed by atoms with van der Waals surface area (Å²) in [5.41, 5.74) is -0.0915. The van der Waals surface area contributed by atoms with Crippen LogP contribution in [-0.2, 0) is 9.59 Å². The number of hydrogen-bond donors (Lipinski definition) is 1. The number of guanidine groups is 1. The van der Waals surface area contributed by atoms with Gasteiger partial charge < -0.3 is 20.0 Å². The SMILES string of the molecule is CCC(C)NC(=NCC(=O)N(C)C)N1CCN(C(C)=O)C2(CCCCC2)C1.I. The second-order valence-electron chi connectivity index (χ2n) is 8.26. The summed E-state index contributed by atoms with van der Waals surface area (Å²) in [5, 5.41) is 3.50. The molecule has 7 nitrogen and oxygen atoms in total. The summed E-state index contributed by atoms with van der Waals surface area (Å²) in [4.78, 5) is 34.9. The van der Waals surface area contributed by atoms with E-state index in [0.717, 1.165) is 44.9 Å². The number of rotatable bonds is 4. The molecule has 162 valence electrons. The zero-order valence-electron chi connectivity index (χ0n) is 18.2. The minimum Gasteiger partial charge on any atom is -0.354 e. The molecule has 1 saturated carbocycles. The maximum absolute atomic E-state index is 12.3. The number of aliphatic imine (C=N–C) groups is 1. The van der Waals surface area contributed by atoms with E-state index < -0.39 is 0 Å². The Hall–Kier alpha value is -1.06. The van der Waals surface area contributed by atoms with Crippen LogP contribution < -0.4 is 5.32 Å². The van der Waals surface area contributed by atoms with Crippen molar-refractivity contribution in [3.05, 3.63) is 0 Å². The Morgan fingerprint density at radius 3 is 2.36 bits per heavy atom. The summed E-state index contributed by atoms with van der Waals surface area (Å²) in [6.07, 6.45) is 6.67. The van der Waals surface area contributed by atoms with Crippen LogP contribution in [-0.4, -0.2) is 84.3 Å². The predicted molar refractivity (Wildman–Crippen MR) is 124 cm³/mol. The first-order valence-electron chi connectivity index (χ1n) is 10.3. The number of nitrogens with one attached hydrogen (secondary N) is 1. The highest BCUT2D eigenvalue weighted by Crippen LogP contribution is 2.36. The molecule has 1 spiro atoms. The highest BCUT2D eigenvalue weighted by Gasteiger charge is 2.44. The molecular weight excluding hydrogens is 469 g/mol. The number of carbonyl (C=O) groups excluding carboxylic acids is 2. The second-order valence-corrected chi connectivity index (χ2v) is 8.26. The molecule has 0 radical (unpaired) electrons. The van der Waals surface area contributed by atoms with Gasteiger partial charge in [-0.3, -0.25) is 9.59 Å². The fraction of sp³-hybridized carbons (Fsp3) is 0.850. The van der Waals surface area contributed by atoms with Crippen LogP contribution in [0.15, 0.2) is 4.99 Å². The van der Waals surface area contributed by atoms with Gasteiger partial charge in [0.2, 0.25) is 11.8 Å². The van der Waals surface area contributed by atoms with Crippen molar-refractivity contribution in [1.82, 2.24) is 20.0 Å². The zero-order valence-corrected chi connectivity index (χ0v) is 20.5. The van der Waals surface area contributed by atoms with Crippen LogP contribution in [0.1, 0.15) is 59.3 Å². The van der Waals surface area contributed by atoms with Crippen LogP contribution in [0.4, 0.5) is 0 Å². The van der Waals surface area contributed by atoms with Gasteiger partial charge in [-0.1, -0.05) is 26.2 Å². The van der Waals surface area contributed by atoms with Gasteiger partial charge in [0.05, 0.1) is 5.54 Å². The summed E-state index contributed by atoms with van der Waals surface area (Å²) < 4.78 is 0. The van der Waals surface area contributed by atoms with E-state index >= 15 is 0 Å². The smallest absolute Gasteiger partial charge is 0.243 e. The van der Waals surface area contributed by atoms with E-state index in [1.54, 1.807) is 25.9 Å². The quantitative estimate of drug-likeness (QED) is 0.360. The Kier molecular flexibility index (Phi) is 10.00. The summed E-state index contributed by atoms with van der Waals surface area (Å²) in [6.45, 7) is 8.37. The van der Waals surface area contributed by atoms with Crippen molar-refractivity contribution in [3.63, 3.8) is 0 Å². The summed E-state index contributed by atoms with van der Waals surface area (Å²) in [6, 6.07) is 0.284. The molecule has 1 aliphatic heterocycles. The first-order chi connectivity index (χ1) is 12.8.